The van der Waals surface area contributed by atoms with Gasteiger partial charge in [0.15, 0.2) is 0 Å². The number of nitrogens with zero attached hydrogens (tertiary/aromatic N) is 1. The van der Waals surface area contributed by atoms with Gasteiger partial charge in [-0.15, -0.1) is 0 Å². The molecule has 4 heteroatoms. The van der Waals surface area contributed by atoms with Crippen molar-refractivity contribution in [1.29, 1.82) is 0 Å². The van der Waals surface area contributed by atoms with Crippen LogP contribution in [-0.2, 0) is 4.79 Å². The summed E-state index contributed by atoms with van der Waals surface area (Å²) in [7, 11) is 0. The van der Waals surface area contributed by atoms with Crippen molar-refractivity contribution in [2.45, 2.75) is 58.9 Å². The average molecular weight is 229 g/mol. The molecule has 0 saturated carbocycles. The van der Waals surface area contributed by atoms with Crippen LogP contribution in [0.1, 0.15) is 52.9 Å². The molecule has 16 heavy (non-hydrogen) atoms. The van der Waals surface area contributed by atoms with Gasteiger partial charge >= 0.3 is 0 Å². The van der Waals surface area contributed by atoms with Gasteiger partial charge in [0.1, 0.15) is 0 Å². The van der Waals surface area contributed by atoms with Crippen LogP contribution in [-0.4, -0.2) is 29.9 Å². The highest BCUT2D eigenvalue weighted by Gasteiger charge is 2.22. The first-order valence-electron chi connectivity index (χ1n) is 6.45. The highest BCUT2D eigenvalue weighted by molar-refractivity contribution is 5.81. The second kappa shape index (κ2) is 9.60. The van der Waals surface area contributed by atoms with Gasteiger partial charge < -0.3 is 0 Å². The molecular weight excluding hydrogens is 202 g/mol. The van der Waals surface area contributed by atoms with Gasteiger partial charge in [-0.3, -0.25) is 15.1 Å². The summed E-state index contributed by atoms with van der Waals surface area (Å²) in [4.78, 5) is 13.9. The molecule has 0 aliphatic heterocycles. The first kappa shape index (κ1) is 15.4. The summed E-state index contributed by atoms with van der Waals surface area (Å²) < 4.78 is 0. The lowest BCUT2D eigenvalue weighted by atomic mass is 10.1. The van der Waals surface area contributed by atoms with Crippen LogP contribution >= 0.6 is 0 Å². The van der Waals surface area contributed by atoms with Gasteiger partial charge in [-0.25, -0.2) is 5.84 Å². The van der Waals surface area contributed by atoms with Gasteiger partial charge in [0.25, 0.3) is 5.91 Å². The molecule has 0 aromatic rings. The Morgan fingerprint density at radius 2 is 1.69 bits per heavy atom. The minimum absolute atomic E-state index is 0.0605. The maximum Gasteiger partial charge on any atom is 0.251 e. The van der Waals surface area contributed by atoms with E-state index in [9.17, 15) is 4.79 Å². The third-order valence-corrected chi connectivity index (χ3v) is 2.87. The zero-order valence-electron chi connectivity index (χ0n) is 11.0. The van der Waals surface area contributed by atoms with Crippen LogP contribution in [0.5, 0.6) is 0 Å². The van der Waals surface area contributed by atoms with Crippen molar-refractivity contribution in [3.63, 3.8) is 0 Å². The maximum absolute atomic E-state index is 11.6. The highest BCUT2D eigenvalue weighted by atomic mass is 16.2. The second-order valence-corrected chi connectivity index (χ2v) is 4.18. The molecule has 0 heterocycles. The molecule has 0 fully saturated rings. The second-order valence-electron chi connectivity index (χ2n) is 4.18. The lowest BCUT2D eigenvalue weighted by Gasteiger charge is -2.29. The predicted molar refractivity (Wildman–Crippen MR) is 67.8 cm³/mol. The van der Waals surface area contributed by atoms with Crippen molar-refractivity contribution >= 4 is 5.91 Å². The maximum atomic E-state index is 11.6. The van der Waals surface area contributed by atoms with Crippen molar-refractivity contribution in [3.05, 3.63) is 0 Å². The van der Waals surface area contributed by atoms with E-state index in [1.807, 2.05) is 6.92 Å². The van der Waals surface area contributed by atoms with E-state index in [1.54, 1.807) is 0 Å². The molecule has 4 nitrogen and oxygen atoms in total. The number of nitrogens with one attached hydrogen (secondary N) is 1. The Bertz CT molecular complexity index is 177. The molecule has 0 spiro atoms. The zero-order valence-corrected chi connectivity index (χ0v) is 11.0. The van der Waals surface area contributed by atoms with Crippen LogP contribution in [0.2, 0.25) is 0 Å². The number of hydrogen-bond acceptors (Lipinski definition) is 3. The number of amides is 1. The van der Waals surface area contributed by atoms with Gasteiger partial charge in [-0.2, -0.15) is 0 Å². The number of rotatable bonds is 9. The third-order valence-electron chi connectivity index (χ3n) is 2.87. The Kier molecular flexibility index (Phi) is 9.24. The fraction of sp³-hybridized carbons (Fsp3) is 0.917. The average Bonchev–Trinajstić information content (AvgIpc) is 2.32. The van der Waals surface area contributed by atoms with Gasteiger partial charge in [-0.1, -0.05) is 33.6 Å². The number of hydrogen-bond donors (Lipinski definition) is 2. The van der Waals surface area contributed by atoms with Gasteiger partial charge in [0.05, 0.1) is 6.04 Å². The summed E-state index contributed by atoms with van der Waals surface area (Å²) >= 11 is 0. The predicted octanol–water partition coefficient (Wildman–Crippen LogP) is 1.66. The zero-order chi connectivity index (χ0) is 12.4. The van der Waals surface area contributed by atoms with E-state index in [-0.39, 0.29) is 11.9 Å². The van der Waals surface area contributed by atoms with E-state index in [2.05, 4.69) is 24.2 Å². The molecule has 0 saturated heterocycles. The molecule has 0 bridgehead atoms. The molecule has 0 radical (unpaired) electrons. The summed E-state index contributed by atoms with van der Waals surface area (Å²) in [6.07, 6.45) is 5.40. The SMILES string of the molecule is CCCCN(CCCC)C(CC)C(=O)NN. The first-order valence-corrected chi connectivity index (χ1v) is 6.45. The van der Waals surface area contributed by atoms with Crippen LogP contribution in [0.25, 0.3) is 0 Å². The number of hydrazine groups is 1. The summed E-state index contributed by atoms with van der Waals surface area (Å²) in [5, 5.41) is 0. The minimum atomic E-state index is -0.0666. The van der Waals surface area contributed by atoms with Crippen LogP contribution in [0.4, 0.5) is 0 Å². The van der Waals surface area contributed by atoms with E-state index >= 15 is 0 Å². The Hall–Kier alpha value is -0.610. The third kappa shape index (κ3) is 5.47. The molecule has 0 rings (SSSR count). The monoisotopic (exact) mass is 229 g/mol. The smallest absolute Gasteiger partial charge is 0.251 e. The van der Waals surface area contributed by atoms with Crippen LogP contribution in [0, 0.1) is 0 Å². The molecule has 0 aromatic heterocycles. The Morgan fingerprint density at radius 3 is 2.00 bits per heavy atom. The highest BCUT2D eigenvalue weighted by Crippen LogP contribution is 2.08. The van der Waals surface area contributed by atoms with Crippen LogP contribution < -0.4 is 11.3 Å². The minimum Gasteiger partial charge on any atom is -0.293 e. The quantitative estimate of drug-likeness (QED) is 0.359. The normalized spacial score (nSPS) is 12.8. The fourth-order valence-corrected chi connectivity index (χ4v) is 1.85. The summed E-state index contributed by atoms with van der Waals surface area (Å²) in [6.45, 7) is 8.35. The van der Waals surface area contributed by atoms with Crippen LogP contribution in [0.15, 0.2) is 0 Å². The van der Waals surface area contributed by atoms with Gasteiger partial charge in [0, 0.05) is 0 Å². The topological polar surface area (TPSA) is 58.4 Å². The Labute approximate surface area is 99.5 Å². The number of carbonyl (C=O) groups excluding carboxylic acids is 1. The van der Waals surface area contributed by atoms with E-state index < -0.39 is 0 Å². The van der Waals surface area contributed by atoms with Crippen molar-refractivity contribution in [1.82, 2.24) is 10.3 Å². The standard InChI is InChI=1S/C12H27N3O/c1-4-7-9-15(10-8-5-2)11(6-3)12(16)14-13/h11H,4-10,13H2,1-3H3,(H,14,16). The van der Waals surface area contributed by atoms with Crippen molar-refractivity contribution in [2.24, 2.45) is 5.84 Å². The molecule has 1 amide bonds. The molecule has 0 aromatic carbocycles. The largest absolute Gasteiger partial charge is 0.293 e. The lowest BCUT2D eigenvalue weighted by molar-refractivity contribution is -0.126. The summed E-state index contributed by atoms with van der Waals surface area (Å²) in [5.41, 5.74) is 2.27. The number of carbonyl (C=O) groups is 1. The molecule has 3 N–H and O–H groups in total. The lowest BCUT2D eigenvalue weighted by Crippen LogP contribution is -2.49. The summed E-state index contributed by atoms with van der Waals surface area (Å²) in [5.74, 6) is 5.16. The summed E-state index contributed by atoms with van der Waals surface area (Å²) in [6, 6.07) is -0.0666. The molecule has 0 aliphatic rings. The van der Waals surface area contributed by atoms with E-state index in [1.165, 1.54) is 0 Å². The Morgan fingerprint density at radius 1 is 1.19 bits per heavy atom. The first-order chi connectivity index (χ1) is 7.71. The fourth-order valence-electron chi connectivity index (χ4n) is 1.85. The van der Waals surface area contributed by atoms with Crippen molar-refractivity contribution < 1.29 is 4.79 Å². The van der Waals surface area contributed by atoms with E-state index in [0.717, 1.165) is 45.2 Å². The van der Waals surface area contributed by atoms with Crippen molar-refractivity contribution in [2.75, 3.05) is 13.1 Å². The van der Waals surface area contributed by atoms with Crippen LogP contribution in [0.3, 0.4) is 0 Å². The number of nitrogens with two attached hydrogens (primary N) is 1. The van der Waals surface area contributed by atoms with Gasteiger partial charge in [-0.05, 0) is 32.4 Å². The molecule has 1 atom stereocenters. The molecule has 96 valence electrons. The molecule has 0 aliphatic carbocycles. The molecular formula is C12H27N3O. The van der Waals surface area contributed by atoms with E-state index in [0.29, 0.717) is 0 Å². The molecule has 1 unspecified atom stereocenters. The van der Waals surface area contributed by atoms with E-state index in [4.69, 9.17) is 5.84 Å². The van der Waals surface area contributed by atoms with Gasteiger partial charge in [0.2, 0.25) is 0 Å². The Balaban J connectivity index is 4.35. The van der Waals surface area contributed by atoms with Crippen molar-refractivity contribution in [3.8, 4) is 0 Å². The number of unbranched alkanes of at least 4 members (excludes halogenated alkanes) is 2.